The molecule has 0 bridgehead atoms. The van der Waals surface area contributed by atoms with Gasteiger partial charge in [0, 0.05) is 0 Å². The molecule has 0 saturated carbocycles. The second-order valence-electron chi connectivity index (χ2n) is 8.27. The summed E-state index contributed by atoms with van der Waals surface area (Å²) in [6.07, 6.45) is 5.71. The fraction of sp³-hybridized carbons (Fsp3) is 0.545. The van der Waals surface area contributed by atoms with Crippen molar-refractivity contribution in [3.63, 3.8) is 0 Å². The quantitative estimate of drug-likeness (QED) is 0.491. The lowest BCUT2D eigenvalue weighted by molar-refractivity contribution is 0.0994. The minimum Gasteiger partial charge on any atom is -0.497 e. The molecule has 0 aliphatic rings. The van der Waals surface area contributed by atoms with Crippen LogP contribution < -0.4 is 10.1 Å². The Morgan fingerprint density at radius 3 is 2.39 bits per heavy atom. The van der Waals surface area contributed by atoms with Gasteiger partial charge in [-0.3, -0.25) is 0 Å². The first-order chi connectivity index (χ1) is 13.2. The van der Waals surface area contributed by atoms with Crippen LogP contribution in [0.4, 0.5) is 4.79 Å². The molecule has 0 aliphatic carbocycles. The molecule has 6 heteroatoms. The van der Waals surface area contributed by atoms with Gasteiger partial charge in [-0.25, -0.2) is 9.78 Å². The first kappa shape index (κ1) is 21.8. The number of benzene rings is 1. The topological polar surface area (TPSA) is 87.2 Å². The van der Waals surface area contributed by atoms with Crippen molar-refractivity contribution in [1.29, 1.82) is 0 Å². The number of aromatic nitrogens is 2. The zero-order chi connectivity index (χ0) is 20.8. The zero-order valence-corrected chi connectivity index (χ0v) is 17.6. The molecule has 0 aliphatic heterocycles. The second-order valence-corrected chi connectivity index (χ2v) is 8.27. The fourth-order valence-electron chi connectivity index (χ4n) is 3.61. The Balaban J connectivity index is 2.41. The van der Waals surface area contributed by atoms with Crippen molar-refractivity contribution >= 4 is 6.09 Å². The van der Waals surface area contributed by atoms with Crippen LogP contribution in [0.15, 0.2) is 30.5 Å². The number of carbonyl (C=O) groups is 1. The molecule has 1 atom stereocenters. The van der Waals surface area contributed by atoms with E-state index < -0.39 is 11.6 Å². The molecule has 0 spiro atoms. The van der Waals surface area contributed by atoms with E-state index in [-0.39, 0.29) is 5.41 Å². The summed E-state index contributed by atoms with van der Waals surface area (Å²) in [5, 5.41) is 12.4. The lowest BCUT2D eigenvalue weighted by Crippen LogP contribution is -2.54. The summed E-state index contributed by atoms with van der Waals surface area (Å²) in [5.41, 5.74) is 0.680. The average molecular weight is 388 g/mol. The number of methoxy groups -OCH3 is 1. The van der Waals surface area contributed by atoms with Gasteiger partial charge in [0.25, 0.3) is 0 Å². The van der Waals surface area contributed by atoms with E-state index in [4.69, 9.17) is 4.74 Å². The highest BCUT2D eigenvalue weighted by Crippen LogP contribution is 2.42. The van der Waals surface area contributed by atoms with Gasteiger partial charge in [-0.05, 0) is 41.7 Å². The van der Waals surface area contributed by atoms with E-state index in [1.54, 1.807) is 13.3 Å². The maximum absolute atomic E-state index is 11.7. The predicted molar refractivity (Wildman–Crippen MR) is 112 cm³/mol. The van der Waals surface area contributed by atoms with Crippen molar-refractivity contribution in [1.82, 2.24) is 15.3 Å². The summed E-state index contributed by atoms with van der Waals surface area (Å²) in [6.45, 7) is 8.33. The Labute approximate surface area is 167 Å². The summed E-state index contributed by atoms with van der Waals surface area (Å²) in [7, 11) is 1.64. The number of nitrogens with one attached hydrogen (secondary N) is 2. The monoisotopic (exact) mass is 387 g/mol. The Kier molecular flexibility index (Phi) is 7.11. The number of aromatic amines is 1. The molecule has 1 amide bonds. The van der Waals surface area contributed by atoms with Gasteiger partial charge in [-0.2, -0.15) is 0 Å². The Hall–Kier alpha value is -2.50. The number of imidazole rings is 1. The molecule has 0 radical (unpaired) electrons. The second kappa shape index (κ2) is 9.13. The van der Waals surface area contributed by atoms with Gasteiger partial charge in [-0.15, -0.1) is 0 Å². The molecule has 1 aromatic heterocycles. The number of amides is 1. The molecule has 154 valence electrons. The first-order valence-electron chi connectivity index (χ1n) is 9.94. The summed E-state index contributed by atoms with van der Waals surface area (Å²) >= 11 is 0. The third-order valence-corrected chi connectivity index (χ3v) is 5.39. The van der Waals surface area contributed by atoms with Crippen LogP contribution in [0.5, 0.6) is 5.75 Å². The van der Waals surface area contributed by atoms with Gasteiger partial charge in [0.15, 0.2) is 0 Å². The van der Waals surface area contributed by atoms with Crippen molar-refractivity contribution in [3.05, 3.63) is 36.3 Å². The van der Waals surface area contributed by atoms with Gasteiger partial charge >= 0.3 is 6.09 Å². The molecule has 6 nitrogen and oxygen atoms in total. The lowest BCUT2D eigenvalue weighted by Gasteiger charge is -2.43. The highest BCUT2D eigenvalue weighted by molar-refractivity contribution is 5.66. The molecular weight excluding hydrogens is 354 g/mol. The number of rotatable bonds is 9. The normalized spacial score (nSPS) is 13.8. The molecule has 1 heterocycles. The number of carboxylic acid groups (broad SMARTS) is 1. The third-order valence-electron chi connectivity index (χ3n) is 5.39. The van der Waals surface area contributed by atoms with Crippen molar-refractivity contribution < 1.29 is 14.6 Å². The van der Waals surface area contributed by atoms with E-state index in [1.807, 2.05) is 24.3 Å². The van der Waals surface area contributed by atoms with Crippen molar-refractivity contribution in [2.24, 2.45) is 5.41 Å². The van der Waals surface area contributed by atoms with Crippen molar-refractivity contribution in [2.75, 3.05) is 7.11 Å². The molecule has 1 aromatic carbocycles. The molecule has 0 saturated heterocycles. The van der Waals surface area contributed by atoms with Crippen molar-refractivity contribution in [3.8, 4) is 17.0 Å². The van der Waals surface area contributed by atoms with Crippen LogP contribution in [0.1, 0.15) is 65.6 Å². The number of ether oxygens (including phenoxy) is 1. The Morgan fingerprint density at radius 2 is 1.86 bits per heavy atom. The smallest absolute Gasteiger partial charge is 0.405 e. The molecular formula is C22H33N3O3. The van der Waals surface area contributed by atoms with Gasteiger partial charge < -0.3 is 20.1 Å². The van der Waals surface area contributed by atoms with Crippen molar-refractivity contribution in [2.45, 2.75) is 65.3 Å². The number of hydrogen-bond donors (Lipinski definition) is 3. The average Bonchev–Trinajstić information content (AvgIpc) is 3.13. The molecule has 1 unspecified atom stereocenters. The number of H-pyrrole nitrogens is 1. The van der Waals surface area contributed by atoms with E-state index >= 15 is 0 Å². The maximum Gasteiger partial charge on any atom is 0.405 e. The van der Waals surface area contributed by atoms with E-state index in [0.29, 0.717) is 12.2 Å². The maximum atomic E-state index is 11.7. The van der Waals surface area contributed by atoms with Crippen LogP contribution >= 0.6 is 0 Å². The van der Waals surface area contributed by atoms with E-state index in [1.165, 1.54) is 0 Å². The van der Waals surface area contributed by atoms with Crippen LogP contribution in [0.2, 0.25) is 0 Å². The fourth-order valence-corrected chi connectivity index (χ4v) is 3.61. The Morgan fingerprint density at radius 1 is 1.18 bits per heavy atom. The molecule has 2 rings (SSSR count). The largest absolute Gasteiger partial charge is 0.497 e. The number of nitrogens with zero attached hydrogens (tertiary/aromatic N) is 1. The highest BCUT2D eigenvalue weighted by atomic mass is 16.5. The SMILES string of the molecule is CCCCCCC(NC(=O)O)(c1ncc(-c2ccc(OC)cc2)[nH]1)C(C)(C)C. The standard InChI is InChI=1S/C22H33N3O3/c1-6-7-8-9-14-22(21(2,3)4,25-20(26)27)19-23-15-18(24-19)16-10-12-17(28-5)13-11-16/h10-13,15,25H,6-9,14H2,1-5H3,(H,23,24)(H,26,27). The summed E-state index contributed by atoms with van der Waals surface area (Å²) in [4.78, 5) is 19.7. The van der Waals surface area contributed by atoms with E-state index in [0.717, 1.165) is 42.7 Å². The van der Waals surface area contributed by atoms with Gasteiger partial charge in [0.05, 0.1) is 19.0 Å². The van der Waals surface area contributed by atoms with Gasteiger partial charge in [0.2, 0.25) is 0 Å². The molecule has 3 N–H and O–H groups in total. The summed E-state index contributed by atoms with van der Waals surface area (Å²) < 4.78 is 5.22. The van der Waals surface area contributed by atoms with Crippen LogP contribution in [0.25, 0.3) is 11.3 Å². The molecule has 0 fully saturated rings. The highest BCUT2D eigenvalue weighted by Gasteiger charge is 2.46. The van der Waals surface area contributed by atoms with Crippen LogP contribution in [-0.2, 0) is 5.54 Å². The number of hydrogen-bond acceptors (Lipinski definition) is 3. The minimum absolute atomic E-state index is 0.355. The molecule has 28 heavy (non-hydrogen) atoms. The minimum atomic E-state index is -1.03. The molecule has 2 aromatic rings. The van der Waals surface area contributed by atoms with Gasteiger partial charge in [-0.1, -0.05) is 53.4 Å². The predicted octanol–water partition coefficient (Wildman–Crippen LogP) is 5.56. The number of unbranched alkanes of at least 4 members (excludes halogenated alkanes) is 3. The van der Waals surface area contributed by atoms with E-state index in [2.05, 4.69) is 43.0 Å². The Bertz CT molecular complexity index is 762. The van der Waals surface area contributed by atoms with Crippen LogP contribution in [-0.4, -0.2) is 28.3 Å². The van der Waals surface area contributed by atoms with E-state index in [9.17, 15) is 9.90 Å². The summed E-state index contributed by atoms with van der Waals surface area (Å²) in [6, 6.07) is 7.71. The van der Waals surface area contributed by atoms with Crippen LogP contribution in [0.3, 0.4) is 0 Å². The first-order valence-corrected chi connectivity index (χ1v) is 9.94. The van der Waals surface area contributed by atoms with Crippen LogP contribution in [0, 0.1) is 5.41 Å². The lowest BCUT2D eigenvalue weighted by atomic mass is 9.70. The van der Waals surface area contributed by atoms with Gasteiger partial charge in [0.1, 0.15) is 17.1 Å². The zero-order valence-electron chi connectivity index (χ0n) is 17.6. The summed E-state index contributed by atoms with van der Waals surface area (Å²) in [5.74, 6) is 1.45. The third kappa shape index (κ3) is 4.86.